The first-order valence-electron chi connectivity index (χ1n) is 30.0. The third kappa shape index (κ3) is 15.5. The molecule has 0 heterocycles. The number of esters is 2. The predicted molar refractivity (Wildman–Crippen MR) is 293 cm³/mol. The molecule has 0 amide bonds. The fraction of sp³-hybridized carbons (Fsp3) is 0.871. The number of carboxylic acid groups (broad SMARTS) is 2. The summed E-state index contributed by atoms with van der Waals surface area (Å²) < 4.78 is 12.5. The average Bonchev–Trinajstić information content (AvgIpc) is 3.67. The van der Waals surface area contributed by atoms with E-state index in [1.165, 1.54) is 63.4 Å². The summed E-state index contributed by atoms with van der Waals surface area (Å²) in [6.07, 6.45) is 26.0. The molecular weight excluding hydrogens is 915 g/mol. The Morgan fingerprint density at radius 1 is 0.658 bits per heavy atom. The lowest BCUT2D eigenvalue weighted by atomic mass is 9.47. The second-order valence-electron chi connectivity index (χ2n) is 26.2. The van der Waals surface area contributed by atoms with Crippen LogP contribution in [0.5, 0.6) is 0 Å². The van der Waals surface area contributed by atoms with Crippen LogP contribution in [0.2, 0.25) is 0 Å². The van der Waals surface area contributed by atoms with Crippen LogP contribution in [-0.2, 0) is 28.7 Å². The molecule has 0 aromatic rings. The van der Waals surface area contributed by atoms with Gasteiger partial charge in [-0.2, -0.15) is 0 Å². The van der Waals surface area contributed by atoms with Crippen molar-refractivity contribution in [3.8, 4) is 0 Å². The lowest BCUT2D eigenvalue weighted by Crippen LogP contribution is -2.50. The summed E-state index contributed by atoms with van der Waals surface area (Å²) in [5.74, 6) is 4.74. The van der Waals surface area contributed by atoms with E-state index in [4.69, 9.17) is 9.47 Å². The van der Waals surface area contributed by atoms with Crippen molar-refractivity contribution in [2.45, 2.75) is 216 Å². The van der Waals surface area contributed by atoms with E-state index in [0.717, 1.165) is 113 Å². The van der Waals surface area contributed by atoms with Gasteiger partial charge in [-0.3, -0.25) is 19.2 Å². The molecule has 12 atom stereocenters. The number of rotatable bonds is 29. The number of carbonyl (C=O) groups excluding carboxylic acids is 2. The molecule has 416 valence electrons. The average molecular weight is 1020 g/mol. The highest BCUT2D eigenvalue weighted by Crippen LogP contribution is 2.67. The van der Waals surface area contributed by atoms with Crippen molar-refractivity contribution in [3.05, 3.63) is 23.3 Å². The van der Waals surface area contributed by atoms with Crippen LogP contribution in [0.3, 0.4) is 0 Å². The van der Waals surface area contributed by atoms with Crippen molar-refractivity contribution < 1.29 is 38.9 Å². The molecule has 0 spiro atoms. The second kappa shape index (κ2) is 27.0. The summed E-state index contributed by atoms with van der Waals surface area (Å²) in [5.41, 5.74) is 3.88. The number of carboxylic acids is 2. The lowest BCUT2D eigenvalue weighted by molar-refractivity contribution is -0.152. The first-order chi connectivity index (χ1) is 34.7. The zero-order chi connectivity index (χ0) is 53.1. The maximum atomic E-state index is 13.7. The van der Waals surface area contributed by atoms with Crippen molar-refractivity contribution >= 4 is 23.9 Å². The molecule has 11 heteroatoms. The quantitative estimate of drug-likeness (QED) is 0.0547. The van der Waals surface area contributed by atoms with Gasteiger partial charge >= 0.3 is 23.9 Å². The molecule has 6 aliphatic carbocycles. The van der Waals surface area contributed by atoms with Crippen molar-refractivity contribution in [2.75, 3.05) is 59.4 Å². The number of aliphatic carboxylic acids is 2. The van der Waals surface area contributed by atoms with Gasteiger partial charge in [0.2, 0.25) is 0 Å². The molecule has 0 bridgehead atoms. The summed E-state index contributed by atoms with van der Waals surface area (Å²) in [4.78, 5) is 56.1. The van der Waals surface area contributed by atoms with E-state index >= 15 is 0 Å². The van der Waals surface area contributed by atoms with E-state index in [1.807, 2.05) is 4.90 Å². The first-order valence-corrected chi connectivity index (χ1v) is 30.0. The van der Waals surface area contributed by atoms with Gasteiger partial charge in [0.1, 0.15) is 12.2 Å². The summed E-state index contributed by atoms with van der Waals surface area (Å²) >= 11 is 0. The van der Waals surface area contributed by atoms with Crippen molar-refractivity contribution in [2.24, 2.45) is 69.5 Å². The van der Waals surface area contributed by atoms with Crippen LogP contribution in [0.15, 0.2) is 23.3 Å². The summed E-state index contributed by atoms with van der Waals surface area (Å²) in [6, 6.07) is 0. The molecule has 4 fully saturated rings. The monoisotopic (exact) mass is 1020 g/mol. The summed E-state index contributed by atoms with van der Waals surface area (Å²) in [6.45, 7) is 26.6. The van der Waals surface area contributed by atoms with Gasteiger partial charge in [0, 0.05) is 39.0 Å². The molecule has 8 unspecified atom stereocenters. The van der Waals surface area contributed by atoms with Crippen LogP contribution < -0.4 is 0 Å². The summed E-state index contributed by atoms with van der Waals surface area (Å²) in [7, 11) is 2.07. The van der Waals surface area contributed by atoms with E-state index < -0.39 is 11.9 Å². The molecule has 2 N–H and O–H groups in total. The zero-order valence-corrected chi connectivity index (χ0v) is 47.9. The largest absolute Gasteiger partial charge is 0.481 e. The molecule has 6 aliphatic rings. The van der Waals surface area contributed by atoms with E-state index in [9.17, 15) is 29.4 Å². The van der Waals surface area contributed by atoms with Gasteiger partial charge in [0.15, 0.2) is 0 Å². The molecule has 0 aromatic carbocycles. The molecule has 0 radical (unpaired) electrons. The highest BCUT2D eigenvalue weighted by Gasteiger charge is 2.58. The number of ether oxygens (including phenoxy) is 2. The van der Waals surface area contributed by atoms with Crippen molar-refractivity contribution in [3.63, 3.8) is 0 Å². The molecule has 11 nitrogen and oxygen atoms in total. The van der Waals surface area contributed by atoms with Crippen LogP contribution >= 0.6 is 0 Å². The number of fused-ring (bicyclic) bond motifs is 6. The maximum Gasteiger partial charge on any atom is 0.307 e. The van der Waals surface area contributed by atoms with Crippen molar-refractivity contribution in [1.29, 1.82) is 0 Å². The maximum absolute atomic E-state index is 13.7. The van der Waals surface area contributed by atoms with Gasteiger partial charge in [0.05, 0.1) is 25.7 Å². The molecule has 6 rings (SSSR count). The van der Waals surface area contributed by atoms with Crippen molar-refractivity contribution in [1.82, 2.24) is 14.7 Å². The standard InChI is InChI=1S/C62H105N3O8/c1-11-46(43(2)3)15-12-16-47-19-22-54-53-21-18-49-42-51(24-31-62(49,9)55(53)25-32-61(47,54)8)73-59(71)29-40-65(36-14-34-63(10)33-13-35-64(37-26-56(66)67)38-27-57(68)69)39-28-58(70)72-50-23-30-60(7)45(6)52(44(4)5)20-17-48(60)41-50/h17-18,43-47,50-55H,11-16,19-42H2,1-10H3,(H,66,67)(H,68,69)/t45?,46?,47?,50-,51?,52?,53?,54?,55?,60+,61+,62-/m0/s1. The van der Waals surface area contributed by atoms with Gasteiger partial charge in [-0.15, -0.1) is 0 Å². The van der Waals surface area contributed by atoms with Gasteiger partial charge < -0.3 is 34.4 Å². The number of allylic oxidation sites excluding steroid dienone is 2. The molecule has 0 aliphatic heterocycles. The Kier molecular flexibility index (Phi) is 22.0. The number of nitrogens with zero attached hydrogens (tertiary/aromatic N) is 3. The minimum absolute atomic E-state index is 0.0133. The fourth-order valence-electron chi connectivity index (χ4n) is 16.3. The molecule has 0 aromatic heterocycles. The highest BCUT2D eigenvalue weighted by atomic mass is 16.5. The van der Waals surface area contributed by atoms with Crippen LogP contribution in [0, 0.1) is 69.5 Å². The van der Waals surface area contributed by atoms with Crippen LogP contribution in [0.4, 0.5) is 0 Å². The van der Waals surface area contributed by atoms with Gasteiger partial charge in [-0.25, -0.2) is 0 Å². The molecule has 73 heavy (non-hydrogen) atoms. The Bertz CT molecular complexity index is 1860. The van der Waals surface area contributed by atoms with Gasteiger partial charge in [-0.05, 0) is 186 Å². The first kappa shape index (κ1) is 59.5. The third-order valence-electron chi connectivity index (χ3n) is 21.3. The Balaban J connectivity index is 0.997. The Labute approximate surface area is 443 Å². The fourth-order valence-corrected chi connectivity index (χ4v) is 16.3. The highest BCUT2D eigenvalue weighted by molar-refractivity contribution is 5.70. The Morgan fingerprint density at radius 3 is 1.73 bits per heavy atom. The smallest absolute Gasteiger partial charge is 0.307 e. The minimum Gasteiger partial charge on any atom is -0.481 e. The van der Waals surface area contributed by atoms with E-state index in [-0.39, 0.29) is 60.7 Å². The Morgan fingerprint density at radius 2 is 1.19 bits per heavy atom. The summed E-state index contributed by atoms with van der Waals surface area (Å²) in [5, 5.41) is 18.4. The van der Waals surface area contributed by atoms with Crippen LogP contribution in [-0.4, -0.2) is 120 Å². The zero-order valence-electron chi connectivity index (χ0n) is 47.9. The topological polar surface area (TPSA) is 137 Å². The normalized spacial score (nSPS) is 32.4. The molecular formula is C62H105N3O8. The van der Waals surface area contributed by atoms with E-state index in [1.54, 1.807) is 5.57 Å². The lowest BCUT2D eigenvalue weighted by Gasteiger charge is -2.58. The van der Waals surface area contributed by atoms with E-state index in [0.29, 0.717) is 55.9 Å². The Hall–Kier alpha value is -2.76. The van der Waals surface area contributed by atoms with E-state index in [2.05, 4.69) is 91.3 Å². The molecule has 0 saturated heterocycles. The molecule has 4 saturated carbocycles. The van der Waals surface area contributed by atoms with Gasteiger partial charge in [-0.1, -0.05) is 105 Å². The number of hydrogen-bond acceptors (Lipinski definition) is 9. The number of carbonyl (C=O) groups is 4. The number of hydrogen-bond donors (Lipinski definition) is 2. The van der Waals surface area contributed by atoms with Gasteiger partial charge in [0.25, 0.3) is 0 Å². The predicted octanol–water partition coefficient (Wildman–Crippen LogP) is 12.7. The SMILES string of the molecule is CCC(CCCC1CCC2C3CC=C4CC(OC(=O)CCN(CCCN(C)CCCN(CCC(=O)O)CCC(=O)O)CCC(=O)O[C@H]5CC[C@@]6(C)C(=CCC(C(C)C)C6C)C5)CC[C@]4(C)C3CC[C@]12C)C(C)C. The minimum atomic E-state index is -0.885. The van der Waals surface area contributed by atoms with Crippen LogP contribution in [0.1, 0.15) is 204 Å². The van der Waals surface area contributed by atoms with Crippen LogP contribution in [0.25, 0.3) is 0 Å². The second-order valence-corrected chi connectivity index (χ2v) is 26.2. The third-order valence-corrected chi connectivity index (χ3v) is 21.3.